The first-order valence-electron chi connectivity index (χ1n) is 13.6. The molecule has 2 aliphatic rings. The predicted molar refractivity (Wildman–Crippen MR) is 162 cm³/mol. The van der Waals surface area contributed by atoms with E-state index in [2.05, 4.69) is 9.71 Å². The van der Waals surface area contributed by atoms with Gasteiger partial charge in [-0.05, 0) is 68.1 Å². The number of rotatable bonds is 6. The van der Waals surface area contributed by atoms with Gasteiger partial charge >= 0.3 is 0 Å². The van der Waals surface area contributed by atoms with Crippen LogP contribution in [0.5, 0.6) is 0 Å². The van der Waals surface area contributed by atoms with Crippen molar-refractivity contribution in [1.29, 1.82) is 5.26 Å². The van der Waals surface area contributed by atoms with Crippen molar-refractivity contribution in [3.8, 4) is 28.5 Å². The van der Waals surface area contributed by atoms with E-state index < -0.39 is 33.3 Å². The molecule has 222 valence electrons. The van der Waals surface area contributed by atoms with Crippen LogP contribution in [0.15, 0.2) is 42.6 Å². The summed E-state index contributed by atoms with van der Waals surface area (Å²) >= 11 is 13.2. The van der Waals surface area contributed by atoms with E-state index in [0.29, 0.717) is 47.7 Å². The van der Waals surface area contributed by atoms with Gasteiger partial charge in [0.05, 0.1) is 39.8 Å². The summed E-state index contributed by atoms with van der Waals surface area (Å²) in [7, 11) is -1.62. The fourth-order valence-electron chi connectivity index (χ4n) is 6.04. The number of aromatic nitrogens is 3. The SMILES string of the molecule is CC1c2nn(C)c(-c3cc(Cl)cc(C4(NS(C)(=O)=O)CC4)c3)c2CCN1C(=O)c1cc(F)cc(-c2c[nH]c(C#N)c2)c1Cl. The molecule has 6 rings (SSSR count). The highest BCUT2D eigenvalue weighted by atomic mass is 35.5. The Morgan fingerprint density at radius 2 is 1.93 bits per heavy atom. The molecule has 0 bridgehead atoms. The van der Waals surface area contributed by atoms with Crippen LogP contribution in [-0.2, 0) is 29.0 Å². The number of carbonyl (C=O) groups excluding carboxylic acids is 1. The van der Waals surface area contributed by atoms with Crippen LogP contribution in [0.1, 0.15) is 58.7 Å². The number of benzene rings is 2. The van der Waals surface area contributed by atoms with Gasteiger partial charge in [-0.2, -0.15) is 10.4 Å². The second kappa shape index (κ2) is 10.5. The Balaban J connectivity index is 1.34. The smallest absolute Gasteiger partial charge is 0.256 e. The van der Waals surface area contributed by atoms with Gasteiger partial charge in [0.1, 0.15) is 17.6 Å². The Morgan fingerprint density at radius 3 is 2.58 bits per heavy atom. The molecule has 0 radical (unpaired) electrons. The minimum atomic E-state index is -3.43. The van der Waals surface area contributed by atoms with Crippen LogP contribution in [0.25, 0.3) is 22.4 Å². The number of H-pyrrole nitrogens is 1. The van der Waals surface area contributed by atoms with Crippen molar-refractivity contribution in [2.24, 2.45) is 7.05 Å². The molecule has 1 unspecified atom stereocenters. The molecule has 2 aromatic heterocycles. The van der Waals surface area contributed by atoms with E-state index in [1.54, 1.807) is 27.9 Å². The first-order chi connectivity index (χ1) is 20.3. The van der Waals surface area contributed by atoms with Gasteiger partial charge in [0.2, 0.25) is 10.0 Å². The maximum absolute atomic E-state index is 14.8. The lowest BCUT2D eigenvalue weighted by atomic mass is 9.93. The Bertz CT molecular complexity index is 1960. The zero-order valence-corrected chi connectivity index (χ0v) is 25.8. The topological polar surface area (TPSA) is 124 Å². The number of fused-ring (bicyclic) bond motifs is 1. The molecule has 3 heterocycles. The van der Waals surface area contributed by atoms with E-state index in [9.17, 15) is 17.6 Å². The molecule has 4 aromatic rings. The summed E-state index contributed by atoms with van der Waals surface area (Å²) in [4.78, 5) is 18.2. The van der Waals surface area contributed by atoms with Gasteiger partial charge in [-0.3, -0.25) is 9.48 Å². The summed E-state index contributed by atoms with van der Waals surface area (Å²) in [6.45, 7) is 2.20. The van der Waals surface area contributed by atoms with Crippen molar-refractivity contribution in [3.63, 3.8) is 0 Å². The summed E-state index contributed by atoms with van der Waals surface area (Å²) < 4.78 is 43.4. The first-order valence-corrected chi connectivity index (χ1v) is 16.2. The molecule has 1 atom stereocenters. The zero-order chi connectivity index (χ0) is 30.8. The first kappa shape index (κ1) is 29.4. The fourth-order valence-corrected chi connectivity index (χ4v) is 7.60. The monoisotopic (exact) mass is 640 g/mol. The largest absolute Gasteiger partial charge is 0.352 e. The highest BCUT2D eigenvalue weighted by molar-refractivity contribution is 7.88. The molecule has 1 amide bonds. The molecule has 9 nitrogen and oxygen atoms in total. The third-order valence-corrected chi connectivity index (χ3v) is 9.53. The maximum Gasteiger partial charge on any atom is 0.256 e. The van der Waals surface area contributed by atoms with E-state index >= 15 is 0 Å². The molecule has 2 aromatic carbocycles. The van der Waals surface area contributed by atoms with Crippen molar-refractivity contribution < 1.29 is 17.6 Å². The molecule has 2 N–H and O–H groups in total. The number of aryl methyl sites for hydroxylation is 1. The number of nitrogens with zero attached hydrogens (tertiary/aromatic N) is 4. The van der Waals surface area contributed by atoms with Crippen molar-refractivity contribution >= 4 is 39.1 Å². The lowest BCUT2D eigenvalue weighted by Crippen LogP contribution is -2.39. The lowest BCUT2D eigenvalue weighted by Gasteiger charge is -2.33. The number of sulfonamides is 1. The van der Waals surface area contributed by atoms with Crippen molar-refractivity contribution in [2.45, 2.75) is 37.8 Å². The molecule has 1 aliphatic carbocycles. The average Bonchev–Trinajstić information content (AvgIpc) is 3.39. The molecule has 1 fully saturated rings. The molecule has 0 spiro atoms. The zero-order valence-electron chi connectivity index (χ0n) is 23.5. The van der Waals surface area contributed by atoms with Gasteiger partial charge < -0.3 is 9.88 Å². The molecular weight excluding hydrogens is 614 g/mol. The summed E-state index contributed by atoms with van der Waals surface area (Å²) in [5.41, 5.74) is 4.52. The van der Waals surface area contributed by atoms with Crippen LogP contribution in [0.3, 0.4) is 0 Å². The Labute approximate surface area is 258 Å². The Kier molecular flexibility index (Phi) is 7.17. The molecule has 0 saturated heterocycles. The Morgan fingerprint density at radius 1 is 1.19 bits per heavy atom. The standard InChI is InChI=1S/C30H27Cl2FN6O3S/c1-16-27-23(28(38(2)36-27)17-8-19(11-20(31)9-17)30(5-6-30)37-43(3,41)42)4-7-39(16)29(40)25-13-21(33)12-24(26(25)32)18-10-22(14-34)35-15-18/h8-13,15-16,35,37H,4-7H2,1-3H3. The number of nitrogens with one attached hydrogen (secondary N) is 2. The highest BCUT2D eigenvalue weighted by Crippen LogP contribution is 2.48. The maximum atomic E-state index is 14.8. The number of hydrogen-bond donors (Lipinski definition) is 2. The second-order valence-corrected chi connectivity index (χ2v) is 13.7. The average molecular weight is 642 g/mol. The highest BCUT2D eigenvalue weighted by Gasteiger charge is 2.47. The van der Waals surface area contributed by atoms with E-state index in [1.807, 2.05) is 32.2 Å². The Hall–Kier alpha value is -3.69. The summed E-state index contributed by atoms with van der Waals surface area (Å²) in [5.74, 6) is -1.05. The minimum absolute atomic E-state index is 0.0235. The van der Waals surface area contributed by atoms with Gasteiger partial charge in [0.25, 0.3) is 5.91 Å². The van der Waals surface area contributed by atoms with Crippen LogP contribution in [0.4, 0.5) is 4.39 Å². The van der Waals surface area contributed by atoms with Gasteiger partial charge in [-0.15, -0.1) is 0 Å². The predicted octanol–water partition coefficient (Wildman–Crippen LogP) is 5.70. The van der Waals surface area contributed by atoms with Gasteiger partial charge in [-0.25, -0.2) is 17.5 Å². The van der Waals surface area contributed by atoms with E-state index in [-0.39, 0.29) is 16.3 Å². The fraction of sp³-hybridized carbons (Fsp3) is 0.300. The van der Waals surface area contributed by atoms with Gasteiger partial charge in [0, 0.05) is 47.1 Å². The van der Waals surface area contributed by atoms with E-state index in [1.165, 1.54) is 6.07 Å². The lowest BCUT2D eigenvalue weighted by molar-refractivity contribution is 0.0673. The van der Waals surface area contributed by atoms with E-state index in [4.69, 9.17) is 33.6 Å². The number of halogens is 3. The molecule has 1 saturated carbocycles. The van der Waals surface area contributed by atoms with Gasteiger partial charge in [-0.1, -0.05) is 23.2 Å². The minimum Gasteiger partial charge on any atom is -0.352 e. The van der Waals surface area contributed by atoms with Crippen molar-refractivity contribution in [1.82, 2.24) is 24.4 Å². The second-order valence-electron chi connectivity index (χ2n) is 11.2. The quantitative estimate of drug-likeness (QED) is 0.280. The number of carbonyl (C=O) groups is 1. The van der Waals surface area contributed by atoms with Crippen molar-refractivity contribution in [3.05, 3.63) is 86.5 Å². The summed E-state index contributed by atoms with van der Waals surface area (Å²) in [6, 6.07) is 11.0. The third-order valence-electron chi connectivity index (χ3n) is 8.14. The molecule has 1 aliphatic heterocycles. The summed E-state index contributed by atoms with van der Waals surface area (Å²) in [5, 5.41) is 14.5. The third kappa shape index (κ3) is 5.33. The van der Waals surface area contributed by atoms with Gasteiger partial charge in [0.15, 0.2) is 0 Å². The normalized spacial score (nSPS) is 17.4. The number of aromatic amines is 1. The van der Waals surface area contributed by atoms with E-state index in [0.717, 1.165) is 34.7 Å². The number of hydrogen-bond acceptors (Lipinski definition) is 5. The van der Waals surface area contributed by atoms with Crippen LogP contribution < -0.4 is 4.72 Å². The van der Waals surface area contributed by atoms with Crippen LogP contribution in [-0.4, -0.2) is 46.8 Å². The molecule has 43 heavy (non-hydrogen) atoms. The summed E-state index contributed by atoms with van der Waals surface area (Å²) in [6.07, 6.45) is 4.51. The molecular formula is C30H27Cl2FN6O3S. The number of amides is 1. The van der Waals surface area contributed by atoms with Crippen molar-refractivity contribution in [2.75, 3.05) is 12.8 Å². The van der Waals surface area contributed by atoms with Crippen LogP contribution in [0, 0.1) is 17.1 Å². The van der Waals surface area contributed by atoms with Crippen LogP contribution in [0.2, 0.25) is 10.0 Å². The molecule has 13 heteroatoms. The van der Waals surface area contributed by atoms with Crippen LogP contribution >= 0.6 is 23.2 Å². The number of nitriles is 1.